The van der Waals surface area contributed by atoms with E-state index in [0.717, 1.165) is 32.5 Å². The molecule has 1 fully saturated rings. The molecule has 0 spiro atoms. The Balaban J connectivity index is 0.00000133. The number of rotatable bonds is 1. The van der Waals surface area contributed by atoms with E-state index in [9.17, 15) is 4.79 Å². The lowest BCUT2D eigenvalue weighted by atomic mass is 9.98. The first-order valence-electron chi connectivity index (χ1n) is 6.93. The second-order valence-corrected chi connectivity index (χ2v) is 5.28. The van der Waals surface area contributed by atoms with E-state index < -0.39 is 0 Å². The summed E-state index contributed by atoms with van der Waals surface area (Å²) in [6.45, 7) is 2.64. The van der Waals surface area contributed by atoms with E-state index in [2.05, 4.69) is 29.6 Å². The van der Waals surface area contributed by atoms with E-state index in [0.29, 0.717) is 5.91 Å². The van der Waals surface area contributed by atoms with Gasteiger partial charge in [-0.05, 0) is 36.9 Å². The Hall–Kier alpha value is -1.06. The van der Waals surface area contributed by atoms with Gasteiger partial charge in [0.1, 0.15) is 0 Å². The van der Waals surface area contributed by atoms with Gasteiger partial charge in [-0.15, -0.1) is 12.4 Å². The lowest BCUT2D eigenvalue weighted by molar-refractivity contribution is -0.135. The third-order valence-electron chi connectivity index (χ3n) is 4.05. The van der Waals surface area contributed by atoms with Crippen LogP contribution in [0.5, 0.6) is 0 Å². The summed E-state index contributed by atoms with van der Waals surface area (Å²) in [5, 5.41) is 3.35. The Morgan fingerprint density at radius 3 is 2.74 bits per heavy atom. The number of hydrogen-bond donors (Lipinski definition) is 1. The monoisotopic (exact) mass is 280 g/mol. The maximum Gasteiger partial charge on any atom is 0.240 e. The van der Waals surface area contributed by atoms with Crippen molar-refractivity contribution in [1.29, 1.82) is 0 Å². The molecule has 19 heavy (non-hydrogen) atoms. The van der Waals surface area contributed by atoms with Gasteiger partial charge >= 0.3 is 0 Å². The molecule has 2 aliphatic rings. The number of fused-ring (bicyclic) bond motifs is 1. The summed E-state index contributed by atoms with van der Waals surface area (Å²) >= 11 is 0. The number of piperidine rings is 1. The minimum atomic E-state index is 0. The van der Waals surface area contributed by atoms with Crippen LogP contribution in [0.1, 0.15) is 30.4 Å². The molecule has 2 heterocycles. The molecule has 0 aliphatic carbocycles. The fourth-order valence-corrected chi connectivity index (χ4v) is 2.97. The van der Waals surface area contributed by atoms with Gasteiger partial charge in [-0.25, -0.2) is 0 Å². The van der Waals surface area contributed by atoms with Crippen molar-refractivity contribution < 1.29 is 4.79 Å². The Labute approximate surface area is 120 Å². The molecule has 3 rings (SSSR count). The first kappa shape index (κ1) is 14.4. The number of carbonyl (C=O) groups is 1. The molecule has 0 saturated carbocycles. The zero-order chi connectivity index (χ0) is 12.4. The molecule has 2 aliphatic heterocycles. The summed E-state index contributed by atoms with van der Waals surface area (Å²) in [6.07, 6.45) is 4.37. The Kier molecular flexibility index (Phi) is 4.83. The van der Waals surface area contributed by atoms with Crippen LogP contribution >= 0.6 is 12.4 Å². The van der Waals surface area contributed by atoms with Gasteiger partial charge < -0.3 is 10.2 Å². The zero-order valence-electron chi connectivity index (χ0n) is 11.1. The summed E-state index contributed by atoms with van der Waals surface area (Å²) in [5.74, 6) is 0.296. The van der Waals surface area contributed by atoms with Crippen molar-refractivity contribution in [3.8, 4) is 0 Å². The van der Waals surface area contributed by atoms with Crippen LogP contribution in [0, 0.1) is 0 Å². The van der Waals surface area contributed by atoms with Crippen molar-refractivity contribution in [2.75, 3.05) is 13.1 Å². The van der Waals surface area contributed by atoms with Crippen molar-refractivity contribution >= 4 is 18.3 Å². The fourth-order valence-electron chi connectivity index (χ4n) is 2.97. The molecular weight excluding hydrogens is 260 g/mol. The van der Waals surface area contributed by atoms with Gasteiger partial charge in [-0.3, -0.25) is 4.79 Å². The Morgan fingerprint density at radius 1 is 1.21 bits per heavy atom. The van der Waals surface area contributed by atoms with Crippen molar-refractivity contribution in [1.82, 2.24) is 10.2 Å². The fraction of sp³-hybridized carbons (Fsp3) is 0.533. The van der Waals surface area contributed by atoms with Crippen LogP contribution < -0.4 is 5.32 Å². The largest absolute Gasteiger partial charge is 0.337 e. The van der Waals surface area contributed by atoms with Crippen LogP contribution in [0.4, 0.5) is 0 Å². The molecule has 4 heteroatoms. The highest BCUT2D eigenvalue weighted by atomic mass is 35.5. The summed E-state index contributed by atoms with van der Waals surface area (Å²) in [5.41, 5.74) is 2.71. The first-order chi connectivity index (χ1) is 8.84. The lowest BCUT2D eigenvalue weighted by Crippen LogP contribution is -2.49. The van der Waals surface area contributed by atoms with Crippen molar-refractivity contribution in [2.45, 2.75) is 38.3 Å². The highest BCUT2D eigenvalue weighted by molar-refractivity contribution is 5.85. The third kappa shape index (κ3) is 3.10. The number of carbonyl (C=O) groups excluding carboxylic acids is 1. The van der Waals surface area contributed by atoms with Crippen LogP contribution in [0.2, 0.25) is 0 Å². The van der Waals surface area contributed by atoms with Crippen LogP contribution in [-0.2, 0) is 17.8 Å². The predicted octanol–water partition coefficient (Wildman–Crippen LogP) is 2.14. The summed E-state index contributed by atoms with van der Waals surface area (Å²) < 4.78 is 0. The van der Waals surface area contributed by atoms with Gasteiger partial charge in [0, 0.05) is 13.1 Å². The maximum absolute atomic E-state index is 12.4. The Bertz CT molecular complexity index is 444. The maximum atomic E-state index is 12.4. The zero-order valence-corrected chi connectivity index (χ0v) is 11.9. The van der Waals surface area contributed by atoms with E-state index >= 15 is 0 Å². The number of benzene rings is 1. The molecule has 3 nitrogen and oxygen atoms in total. The van der Waals surface area contributed by atoms with E-state index in [1.807, 2.05) is 4.90 Å². The van der Waals surface area contributed by atoms with Crippen LogP contribution in [0.15, 0.2) is 24.3 Å². The minimum Gasteiger partial charge on any atom is -0.337 e. The molecule has 1 aromatic carbocycles. The highest BCUT2D eigenvalue weighted by Crippen LogP contribution is 2.20. The van der Waals surface area contributed by atoms with Gasteiger partial charge in [-0.2, -0.15) is 0 Å². The van der Waals surface area contributed by atoms with Gasteiger partial charge in [0.15, 0.2) is 0 Å². The van der Waals surface area contributed by atoms with Gasteiger partial charge in [-0.1, -0.05) is 30.7 Å². The van der Waals surface area contributed by atoms with Crippen molar-refractivity contribution in [2.24, 2.45) is 0 Å². The Morgan fingerprint density at radius 2 is 2.00 bits per heavy atom. The van der Waals surface area contributed by atoms with Crippen LogP contribution in [-0.4, -0.2) is 29.9 Å². The average Bonchev–Trinajstić information content (AvgIpc) is 2.47. The molecule has 1 N–H and O–H groups in total. The molecule has 0 radical (unpaired) electrons. The molecule has 1 atom stereocenters. The number of nitrogens with one attached hydrogen (secondary N) is 1. The van der Waals surface area contributed by atoms with E-state index in [-0.39, 0.29) is 18.4 Å². The quantitative estimate of drug-likeness (QED) is 0.855. The molecule has 0 aromatic heterocycles. The molecule has 0 unspecified atom stereocenters. The lowest BCUT2D eigenvalue weighted by Gasteiger charge is -2.33. The normalized spacial score (nSPS) is 22.3. The van der Waals surface area contributed by atoms with Crippen LogP contribution in [0.3, 0.4) is 0 Å². The van der Waals surface area contributed by atoms with Crippen LogP contribution in [0.25, 0.3) is 0 Å². The van der Waals surface area contributed by atoms with E-state index in [4.69, 9.17) is 0 Å². The van der Waals surface area contributed by atoms with Gasteiger partial charge in [0.05, 0.1) is 6.04 Å². The van der Waals surface area contributed by atoms with Crippen molar-refractivity contribution in [3.05, 3.63) is 35.4 Å². The van der Waals surface area contributed by atoms with Gasteiger partial charge in [0.2, 0.25) is 5.91 Å². The minimum absolute atomic E-state index is 0. The van der Waals surface area contributed by atoms with E-state index in [1.165, 1.54) is 24.0 Å². The highest BCUT2D eigenvalue weighted by Gasteiger charge is 2.27. The topological polar surface area (TPSA) is 32.3 Å². The van der Waals surface area contributed by atoms with Crippen molar-refractivity contribution in [3.63, 3.8) is 0 Å². The number of halogens is 1. The standard InChI is InChI=1S/C15H20N2O.ClH/c18-15(14-7-3-4-9-16-14)17-10-8-12-5-1-2-6-13(12)11-17;/h1-2,5-6,14,16H,3-4,7-11H2;1H/t14-;/m0./s1. The molecular formula is C15H21ClN2O. The molecule has 1 aromatic rings. The third-order valence-corrected chi connectivity index (χ3v) is 4.05. The molecule has 1 saturated heterocycles. The second kappa shape index (κ2) is 6.40. The summed E-state index contributed by atoms with van der Waals surface area (Å²) in [7, 11) is 0. The molecule has 104 valence electrons. The predicted molar refractivity (Wildman–Crippen MR) is 78.5 cm³/mol. The van der Waals surface area contributed by atoms with Gasteiger partial charge in [0.25, 0.3) is 0 Å². The smallest absolute Gasteiger partial charge is 0.240 e. The number of nitrogens with zero attached hydrogens (tertiary/aromatic N) is 1. The molecule has 1 amide bonds. The summed E-state index contributed by atoms with van der Waals surface area (Å²) in [4.78, 5) is 14.4. The molecule has 0 bridgehead atoms. The first-order valence-corrected chi connectivity index (χ1v) is 6.93. The average molecular weight is 281 g/mol. The second-order valence-electron chi connectivity index (χ2n) is 5.28. The summed E-state index contributed by atoms with van der Waals surface area (Å²) in [6, 6.07) is 8.52. The van der Waals surface area contributed by atoms with E-state index in [1.54, 1.807) is 0 Å². The SMILES string of the molecule is Cl.O=C([C@@H]1CCCCN1)N1CCc2ccccc2C1. The number of amides is 1. The number of hydrogen-bond acceptors (Lipinski definition) is 2.